The molecule has 0 fully saturated rings. The van der Waals surface area contributed by atoms with Crippen molar-refractivity contribution in [2.75, 3.05) is 6.61 Å². The lowest BCUT2D eigenvalue weighted by Crippen LogP contribution is -2.37. The predicted octanol–water partition coefficient (Wildman–Crippen LogP) is 3.39. The summed E-state index contributed by atoms with van der Waals surface area (Å²) in [5.41, 5.74) is 1.04. The van der Waals surface area contributed by atoms with Crippen LogP contribution in [-0.2, 0) is 20.1 Å². The molecule has 1 aliphatic heterocycles. The number of hydrogen-bond donors (Lipinski definition) is 1. The Bertz CT molecular complexity index is 764. The molecule has 2 aromatic rings. The molecule has 116 valence electrons. The Morgan fingerprint density at radius 1 is 1.13 bits per heavy atom. The van der Waals surface area contributed by atoms with Crippen LogP contribution in [0.5, 0.6) is 5.75 Å². The number of hydrogen-bond acceptors (Lipinski definition) is 4. The van der Waals surface area contributed by atoms with Gasteiger partial charge in [-0.2, -0.15) is 0 Å². The quantitative estimate of drug-likeness (QED) is 0.860. The fourth-order valence-electron chi connectivity index (χ4n) is 2.49. The maximum absolute atomic E-state index is 12.7. The molecule has 0 saturated heterocycles. The standard InChI is InChI=1S/C19H16O4/c1-2-12-22-19(15-10-6-7-11-16(15)20)18(21)13-17(23-19)14-8-4-3-5-9-14/h2-11,13,20H,1,12H2. The molecule has 0 bridgehead atoms. The molecular weight excluding hydrogens is 292 g/mol. The van der Waals surface area contributed by atoms with E-state index >= 15 is 0 Å². The molecule has 23 heavy (non-hydrogen) atoms. The minimum atomic E-state index is -1.69. The van der Waals surface area contributed by atoms with E-state index in [1.165, 1.54) is 18.2 Å². The van der Waals surface area contributed by atoms with Crippen molar-refractivity contribution in [1.82, 2.24) is 0 Å². The van der Waals surface area contributed by atoms with E-state index in [0.717, 1.165) is 5.56 Å². The number of ether oxygens (including phenoxy) is 2. The van der Waals surface area contributed by atoms with Crippen molar-refractivity contribution < 1.29 is 19.4 Å². The third-order valence-corrected chi connectivity index (χ3v) is 3.56. The second-order valence-electron chi connectivity index (χ2n) is 5.07. The van der Waals surface area contributed by atoms with Crippen LogP contribution in [0.3, 0.4) is 0 Å². The number of rotatable bonds is 5. The molecule has 4 nitrogen and oxygen atoms in total. The van der Waals surface area contributed by atoms with E-state index in [2.05, 4.69) is 6.58 Å². The number of phenols is 1. The average Bonchev–Trinajstić information content (AvgIpc) is 2.92. The molecule has 1 aliphatic rings. The molecule has 2 aromatic carbocycles. The Kier molecular flexibility index (Phi) is 4.00. The van der Waals surface area contributed by atoms with Crippen molar-refractivity contribution in [3.8, 4) is 5.75 Å². The highest BCUT2D eigenvalue weighted by Gasteiger charge is 2.49. The highest BCUT2D eigenvalue weighted by Crippen LogP contribution is 2.43. The second kappa shape index (κ2) is 6.10. The lowest BCUT2D eigenvalue weighted by molar-refractivity contribution is -0.193. The summed E-state index contributed by atoms with van der Waals surface area (Å²) in [5.74, 6) is -1.72. The lowest BCUT2D eigenvalue weighted by Gasteiger charge is -2.28. The molecule has 0 aliphatic carbocycles. The Morgan fingerprint density at radius 2 is 1.83 bits per heavy atom. The third-order valence-electron chi connectivity index (χ3n) is 3.56. The first-order valence-electron chi connectivity index (χ1n) is 7.21. The van der Waals surface area contributed by atoms with E-state index in [4.69, 9.17) is 9.47 Å². The molecule has 0 spiro atoms. The van der Waals surface area contributed by atoms with Gasteiger partial charge in [0.05, 0.1) is 12.2 Å². The van der Waals surface area contributed by atoms with Gasteiger partial charge in [0.15, 0.2) is 0 Å². The van der Waals surface area contributed by atoms with E-state index in [1.54, 1.807) is 18.2 Å². The van der Waals surface area contributed by atoms with Gasteiger partial charge >= 0.3 is 5.79 Å². The Labute approximate surface area is 134 Å². The number of carbonyl (C=O) groups excluding carboxylic acids is 1. The molecule has 0 saturated carbocycles. The van der Waals surface area contributed by atoms with Gasteiger partial charge < -0.3 is 14.6 Å². The fraction of sp³-hybridized carbons (Fsp3) is 0.105. The van der Waals surface area contributed by atoms with Gasteiger partial charge in [-0.05, 0) is 12.1 Å². The van der Waals surface area contributed by atoms with Gasteiger partial charge in [-0.15, -0.1) is 6.58 Å². The van der Waals surface area contributed by atoms with E-state index in [9.17, 15) is 9.90 Å². The van der Waals surface area contributed by atoms with Crippen LogP contribution in [0.1, 0.15) is 11.1 Å². The summed E-state index contributed by atoms with van der Waals surface area (Å²) in [4.78, 5) is 12.7. The first-order valence-corrected chi connectivity index (χ1v) is 7.21. The summed E-state index contributed by atoms with van der Waals surface area (Å²) < 4.78 is 11.6. The predicted molar refractivity (Wildman–Crippen MR) is 86.4 cm³/mol. The topological polar surface area (TPSA) is 55.8 Å². The van der Waals surface area contributed by atoms with Gasteiger partial charge in [-0.1, -0.05) is 48.5 Å². The van der Waals surface area contributed by atoms with E-state index in [1.807, 2.05) is 30.3 Å². The smallest absolute Gasteiger partial charge is 0.305 e. The molecule has 1 N–H and O–H groups in total. The van der Waals surface area contributed by atoms with E-state index < -0.39 is 5.79 Å². The lowest BCUT2D eigenvalue weighted by atomic mass is 10.0. The second-order valence-corrected chi connectivity index (χ2v) is 5.07. The number of para-hydroxylation sites is 1. The fourth-order valence-corrected chi connectivity index (χ4v) is 2.49. The summed E-state index contributed by atoms with van der Waals surface area (Å²) in [7, 11) is 0. The van der Waals surface area contributed by atoms with Crippen LogP contribution in [0.2, 0.25) is 0 Å². The summed E-state index contributed by atoms with van der Waals surface area (Å²) >= 11 is 0. The van der Waals surface area contributed by atoms with Crippen molar-refractivity contribution in [2.45, 2.75) is 5.79 Å². The number of ketones is 1. The highest BCUT2D eigenvalue weighted by atomic mass is 16.7. The maximum atomic E-state index is 12.7. The summed E-state index contributed by atoms with van der Waals surface area (Å²) in [6.07, 6.45) is 2.92. The number of benzene rings is 2. The SMILES string of the molecule is C=CCOC1(c2ccccc2O)OC(c2ccccc2)=CC1=O. The van der Waals surface area contributed by atoms with Crippen molar-refractivity contribution in [3.05, 3.63) is 84.5 Å². The minimum absolute atomic E-state index is 0.0624. The average molecular weight is 308 g/mol. The molecule has 3 rings (SSSR count). The van der Waals surface area contributed by atoms with E-state index in [0.29, 0.717) is 5.76 Å². The molecule has 0 amide bonds. The highest BCUT2D eigenvalue weighted by molar-refractivity contribution is 6.05. The first kappa shape index (κ1) is 15.1. The number of phenolic OH excluding ortho intramolecular Hbond substituents is 1. The molecule has 1 heterocycles. The molecule has 1 unspecified atom stereocenters. The van der Waals surface area contributed by atoms with Gasteiger partial charge in [0.1, 0.15) is 11.5 Å². The van der Waals surface area contributed by atoms with Crippen LogP contribution in [0.15, 0.2) is 73.3 Å². The van der Waals surface area contributed by atoms with Crippen LogP contribution >= 0.6 is 0 Å². The molecule has 1 atom stereocenters. The van der Waals surface area contributed by atoms with Crippen molar-refractivity contribution in [3.63, 3.8) is 0 Å². The largest absolute Gasteiger partial charge is 0.507 e. The van der Waals surface area contributed by atoms with Gasteiger partial charge in [0.2, 0.25) is 5.78 Å². The van der Waals surface area contributed by atoms with Gasteiger partial charge in [-0.25, -0.2) is 0 Å². The van der Waals surface area contributed by atoms with Gasteiger partial charge in [0, 0.05) is 11.6 Å². The third kappa shape index (κ3) is 2.64. The zero-order valence-corrected chi connectivity index (χ0v) is 12.4. The minimum Gasteiger partial charge on any atom is -0.507 e. The number of carbonyl (C=O) groups is 1. The number of aromatic hydroxyl groups is 1. The molecule has 0 radical (unpaired) electrons. The van der Waals surface area contributed by atoms with E-state index in [-0.39, 0.29) is 23.7 Å². The van der Waals surface area contributed by atoms with Crippen LogP contribution in [0.4, 0.5) is 0 Å². The van der Waals surface area contributed by atoms with Crippen LogP contribution in [0, 0.1) is 0 Å². The van der Waals surface area contributed by atoms with Gasteiger partial charge in [-0.3, -0.25) is 4.79 Å². The zero-order valence-electron chi connectivity index (χ0n) is 12.4. The Balaban J connectivity index is 2.04. The van der Waals surface area contributed by atoms with Crippen molar-refractivity contribution >= 4 is 11.5 Å². The Morgan fingerprint density at radius 3 is 2.52 bits per heavy atom. The van der Waals surface area contributed by atoms with Crippen molar-refractivity contribution in [1.29, 1.82) is 0 Å². The summed E-state index contributed by atoms with van der Waals surface area (Å²) in [6.45, 7) is 3.71. The zero-order chi connectivity index (χ0) is 16.3. The normalized spacial score (nSPS) is 20.0. The monoisotopic (exact) mass is 308 g/mol. The summed E-state index contributed by atoms with van der Waals surface area (Å²) in [6, 6.07) is 15.8. The molecule has 0 aromatic heterocycles. The van der Waals surface area contributed by atoms with Gasteiger partial charge in [0.25, 0.3) is 0 Å². The first-order chi connectivity index (χ1) is 11.2. The van der Waals surface area contributed by atoms with Crippen LogP contribution in [0.25, 0.3) is 5.76 Å². The Hall–Kier alpha value is -2.85. The molecule has 4 heteroatoms. The maximum Gasteiger partial charge on any atom is 0.305 e. The summed E-state index contributed by atoms with van der Waals surface area (Å²) in [5, 5.41) is 10.1. The van der Waals surface area contributed by atoms with Crippen LogP contribution in [-0.4, -0.2) is 17.5 Å². The van der Waals surface area contributed by atoms with Crippen LogP contribution < -0.4 is 0 Å². The molecular formula is C19H16O4. The van der Waals surface area contributed by atoms with Crippen molar-refractivity contribution in [2.24, 2.45) is 0 Å².